The van der Waals surface area contributed by atoms with Crippen LogP contribution in [0.3, 0.4) is 0 Å². The molecular weight excluding hydrogens is 320 g/mol. The van der Waals surface area contributed by atoms with Gasteiger partial charge in [0.25, 0.3) is 0 Å². The second-order valence-electron chi connectivity index (χ2n) is 8.11. The molecule has 0 saturated carbocycles. The van der Waals surface area contributed by atoms with E-state index in [1.54, 1.807) is 6.07 Å². The second-order valence-corrected chi connectivity index (χ2v) is 8.11. The van der Waals surface area contributed by atoms with E-state index in [0.29, 0.717) is 22.1 Å². The van der Waals surface area contributed by atoms with Crippen LogP contribution in [0.4, 0.5) is 0 Å². The van der Waals surface area contributed by atoms with Crippen molar-refractivity contribution >= 4 is 43.9 Å². The Hall–Kier alpha value is -2.74. The first kappa shape index (κ1) is 12.6. The van der Waals surface area contributed by atoms with E-state index in [-0.39, 0.29) is 5.41 Å². The predicted octanol–water partition coefficient (Wildman–Crippen LogP) is 7.40. The largest absolute Gasteiger partial charge is 0.456 e. The number of benzene rings is 3. The molecule has 5 rings (SSSR count). The van der Waals surface area contributed by atoms with Crippen molar-refractivity contribution in [2.45, 2.75) is 40.0 Å². The first-order valence-electron chi connectivity index (χ1n) is 10.4. The molecule has 2 aromatic heterocycles. The lowest BCUT2D eigenvalue weighted by molar-refractivity contribution is 0.569. The van der Waals surface area contributed by atoms with Crippen LogP contribution in [0.1, 0.15) is 41.6 Å². The second kappa shape index (κ2) is 4.91. The molecule has 0 aliphatic carbocycles. The van der Waals surface area contributed by atoms with Crippen molar-refractivity contribution in [1.82, 2.24) is 0 Å². The highest BCUT2D eigenvalue weighted by Crippen LogP contribution is 2.42. The lowest BCUT2D eigenvalue weighted by Gasteiger charge is -2.22. The van der Waals surface area contributed by atoms with E-state index in [4.69, 9.17) is 12.9 Å². The maximum Gasteiger partial charge on any atom is 0.139 e. The van der Waals surface area contributed by atoms with Gasteiger partial charge in [-0.25, -0.2) is 0 Å². The van der Waals surface area contributed by atoms with Gasteiger partial charge >= 0.3 is 0 Å². The Labute approximate surface area is 156 Å². The summed E-state index contributed by atoms with van der Waals surface area (Å²) in [4.78, 5) is 0. The SMILES string of the molecule is [2H]C([2H])([2H])c1cc(C)c(C(C)(C)C)c2oc3cc4c(cc3c12)oc1ccccc14. The number of furan rings is 2. The number of aryl methyl sites for hydroxylation is 2. The molecule has 0 spiro atoms. The quantitative estimate of drug-likeness (QED) is 0.292. The third kappa shape index (κ3) is 1.99. The Bertz CT molecular complexity index is 1430. The molecule has 0 bridgehead atoms. The van der Waals surface area contributed by atoms with Crippen molar-refractivity contribution in [3.8, 4) is 0 Å². The monoisotopic (exact) mass is 345 g/mol. The Kier molecular flexibility index (Phi) is 2.38. The molecule has 2 heteroatoms. The van der Waals surface area contributed by atoms with Crippen molar-refractivity contribution in [1.29, 1.82) is 0 Å². The van der Waals surface area contributed by atoms with Gasteiger partial charge in [-0.1, -0.05) is 45.0 Å². The zero-order chi connectivity index (χ0) is 20.7. The van der Waals surface area contributed by atoms with Crippen molar-refractivity contribution in [3.63, 3.8) is 0 Å². The number of hydrogen-bond acceptors (Lipinski definition) is 2. The number of hydrogen-bond donors (Lipinski definition) is 0. The summed E-state index contributed by atoms with van der Waals surface area (Å²) in [6.07, 6.45) is 0. The van der Waals surface area contributed by atoms with Crippen LogP contribution in [0.2, 0.25) is 0 Å². The Balaban J connectivity index is 2.01. The van der Waals surface area contributed by atoms with Crippen LogP contribution < -0.4 is 0 Å². The van der Waals surface area contributed by atoms with E-state index in [2.05, 4.69) is 20.8 Å². The zero-order valence-corrected chi connectivity index (χ0v) is 15.4. The molecule has 0 atom stereocenters. The maximum atomic E-state index is 8.11. The number of para-hydroxylation sites is 1. The summed E-state index contributed by atoms with van der Waals surface area (Å²) >= 11 is 0. The highest BCUT2D eigenvalue weighted by atomic mass is 16.3. The van der Waals surface area contributed by atoms with Gasteiger partial charge in [-0.05, 0) is 48.5 Å². The topological polar surface area (TPSA) is 26.3 Å². The fraction of sp³-hybridized carbons (Fsp3) is 0.250. The first-order chi connectivity index (χ1) is 13.6. The first-order valence-corrected chi connectivity index (χ1v) is 8.88. The lowest BCUT2D eigenvalue weighted by atomic mass is 9.82. The summed E-state index contributed by atoms with van der Waals surface area (Å²) in [6.45, 7) is 6.09. The average molecular weight is 345 g/mol. The van der Waals surface area contributed by atoms with Crippen LogP contribution in [-0.4, -0.2) is 0 Å². The highest BCUT2D eigenvalue weighted by Gasteiger charge is 2.25. The zero-order valence-electron chi connectivity index (χ0n) is 18.4. The van der Waals surface area contributed by atoms with Gasteiger partial charge in [0, 0.05) is 31.2 Å². The van der Waals surface area contributed by atoms with Crippen molar-refractivity contribution in [2.75, 3.05) is 0 Å². The van der Waals surface area contributed by atoms with Gasteiger partial charge in [0.1, 0.15) is 22.3 Å². The van der Waals surface area contributed by atoms with E-state index in [0.717, 1.165) is 38.5 Å². The van der Waals surface area contributed by atoms with Crippen LogP contribution in [0.15, 0.2) is 51.3 Å². The third-order valence-electron chi connectivity index (χ3n) is 5.19. The molecule has 0 N–H and O–H groups in total. The van der Waals surface area contributed by atoms with Gasteiger partial charge in [-0.3, -0.25) is 0 Å². The molecule has 0 aliphatic heterocycles. The molecule has 0 unspecified atom stereocenters. The predicted molar refractivity (Wildman–Crippen MR) is 109 cm³/mol. The maximum absolute atomic E-state index is 8.11. The average Bonchev–Trinajstić information content (AvgIpc) is 3.14. The molecule has 26 heavy (non-hydrogen) atoms. The van der Waals surface area contributed by atoms with Crippen LogP contribution in [0.5, 0.6) is 0 Å². The molecule has 130 valence electrons. The molecule has 0 saturated heterocycles. The minimum absolute atomic E-state index is 0.185. The van der Waals surface area contributed by atoms with E-state index in [9.17, 15) is 0 Å². The smallest absolute Gasteiger partial charge is 0.139 e. The van der Waals surface area contributed by atoms with Gasteiger partial charge in [-0.2, -0.15) is 0 Å². The normalized spacial score (nSPS) is 15.0. The standard InChI is InChI=1S/C24H22O2/c1-13-10-14(2)22(24(3,4)5)23-21(13)17-12-19-16(11-20(17)26-23)15-8-6-7-9-18(15)25-19/h6-12H,1-5H3/i1D3. The van der Waals surface area contributed by atoms with E-state index >= 15 is 0 Å². The minimum Gasteiger partial charge on any atom is -0.456 e. The lowest BCUT2D eigenvalue weighted by Crippen LogP contribution is -2.13. The van der Waals surface area contributed by atoms with Gasteiger partial charge in [0.15, 0.2) is 0 Å². The molecule has 0 radical (unpaired) electrons. The molecular formula is C24H22O2. The Morgan fingerprint density at radius 1 is 0.808 bits per heavy atom. The minimum atomic E-state index is -2.24. The summed E-state index contributed by atoms with van der Waals surface area (Å²) < 4.78 is 36.7. The molecule has 0 amide bonds. The molecule has 3 aromatic carbocycles. The fourth-order valence-electron chi connectivity index (χ4n) is 4.23. The van der Waals surface area contributed by atoms with Gasteiger partial charge in [-0.15, -0.1) is 0 Å². The van der Waals surface area contributed by atoms with E-state index < -0.39 is 6.85 Å². The summed E-state index contributed by atoms with van der Waals surface area (Å²) in [5, 5.41) is 3.44. The van der Waals surface area contributed by atoms with Crippen LogP contribution in [0, 0.1) is 13.8 Å². The highest BCUT2D eigenvalue weighted by molar-refractivity contribution is 6.16. The van der Waals surface area contributed by atoms with Crippen LogP contribution >= 0.6 is 0 Å². The molecule has 0 aliphatic rings. The molecule has 5 aromatic rings. The number of fused-ring (bicyclic) bond motifs is 6. The van der Waals surface area contributed by atoms with Crippen molar-refractivity contribution in [2.24, 2.45) is 0 Å². The van der Waals surface area contributed by atoms with E-state index in [1.165, 1.54) is 0 Å². The van der Waals surface area contributed by atoms with Gasteiger partial charge in [0.05, 0.1) is 0 Å². The molecule has 0 fully saturated rings. The van der Waals surface area contributed by atoms with Crippen LogP contribution in [-0.2, 0) is 5.41 Å². The number of rotatable bonds is 0. The molecule has 2 nitrogen and oxygen atoms in total. The molecule has 2 heterocycles. The Morgan fingerprint density at radius 2 is 1.54 bits per heavy atom. The van der Waals surface area contributed by atoms with Crippen molar-refractivity contribution < 1.29 is 12.9 Å². The summed E-state index contributed by atoms with van der Waals surface area (Å²) in [5.74, 6) is 0. The summed E-state index contributed by atoms with van der Waals surface area (Å²) in [7, 11) is 0. The summed E-state index contributed by atoms with van der Waals surface area (Å²) in [6, 6.07) is 13.6. The third-order valence-corrected chi connectivity index (χ3v) is 5.19. The summed E-state index contributed by atoms with van der Waals surface area (Å²) in [5.41, 5.74) is 5.00. The van der Waals surface area contributed by atoms with Gasteiger partial charge in [0.2, 0.25) is 0 Å². The van der Waals surface area contributed by atoms with Crippen LogP contribution in [0.25, 0.3) is 43.9 Å². The van der Waals surface area contributed by atoms with Gasteiger partial charge < -0.3 is 8.83 Å². The van der Waals surface area contributed by atoms with E-state index in [1.807, 2.05) is 43.3 Å². The van der Waals surface area contributed by atoms with Crippen molar-refractivity contribution in [3.05, 3.63) is 59.2 Å². The fourth-order valence-corrected chi connectivity index (χ4v) is 4.23. The Morgan fingerprint density at radius 3 is 2.31 bits per heavy atom.